The minimum absolute atomic E-state index is 0.322. The SMILES string of the molecule is Cc1cccc(C)c1-c1nc(C)c(C(=O)O)s1. The number of aromatic nitrogens is 1. The van der Waals surface area contributed by atoms with Crippen molar-refractivity contribution in [3.05, 3.63) is 39.9 Å². The van der Waals surface area contributed by atoms with E-state index in [0.717, 1.165) is 21.7 Å². The van der Waals surface area contributed by atoms with Crippen molar-refractivity contribution >= 4 is 17.3 Å². The van der Waals surface area contributed by atoms with Gasteiger partial charge >= 0.3 is 5.97 Å². The van der Waals surface area contributed by atoms with Gasteiger partial charge in [0.05, 0.1) is 5.69 Å². The van der Waals surface area contributed by atoms with E-state index in [4.69, 9.17) is 5.11 Å². The lowest BCUT2D eigenvalue weighted by molar-refractivity contribution is 0.0701. The molecule has 1 aromatic heterocycles. The number of hydrogen-bond donors (Lipinski definition) is 1. The summed E-state index contributed by atoms with van der Waals surface area (Å²) in [6, 6.07) is 6.02. The van der Waals surface area contributed by atoms with Gasteiger partial charge in [0.2, 0.25) is 0 Å². The van der Waals surface area contributed by atoms with Crippen LogP contribution in [0, 0.1) is 20.8 Å². The molecule has 0 saturated heterocycles. The molecular formula is C13H13NO2S. The summed E-state index contributed by atoms with van der Waals surface area (Å²) in [4.78, 5) is 15.7. The quantitative estimate of drug-likeness (QED) is 0.884. The molecule has 1 N–H and O–H groups in total. The number of hydrogen-bond acceptors (Lipinski definition) is 3. The van der Waals surface area contributed by atoms with Gasteiger partial charge in [0, 0.05) is 5.56 Å². The average Bonchev–Trinajstić information content (AvgIpc) is 2.60. The molecule has 0 unspecified atom stereocenters. The van der Waals surface area contributed by atoms with Gasteiger partial charge in [0.25, 0.3) is 0 Å². The molecule has 2 rings (SSSR count). The highest BCUT2D eigenvalue weighted by molar-refractivity contribution is 7.17. The molecule has 0 amide bonds. The molecule has 0 atom stereocenters. The number of thiazole rings is 1. The molecule has 0 bridgehead atoms. The second-order valence-electron chi connectivity index (χ2n) is 4.01. The van der Waals surface area contributed by atoms with Gasteiger partial charge in [-0.3, -0.25) is 0 Å². The van der Waals surface area contributed by atoms with E-state index in [0.29, 0.717) is 10.6 Å². The Morgan fingerprint density at radius 3 is 2.29 bits per heavy atom. The molecule has 0 aliphatic rings. The Kier molecular flexibility index (Phi) is 2.98. The predicted molar refractivity (Wildman–Crippen MR) is 68.7 cm³/mol. The van der Waals surface area contributed by atoms with Crippen LogP contribution in [0.1, 0.15) is 26.5 Å². The van der Waals surface area contributed by atoms with Crippen molar-refractivity contribution in [3.8, 4) is 10.6 Å². The summed E-state index contributed by atoms with van der Waals surface area (Å²) < 4.78 is 0. The first-order valence-corrected chi connectivity index (χ1v) is 6.09. The van der Waals surface area contributed by atoms with E-state index in [2.05, 4.69) is 4.98 Å². The lowest BCUT2D eigenvalue weighted by Gasteiger charge is -2.05. The number of aryl methyl sites for hydroxylation is 3. The molecule has 0 saturated carbocycles. The Balaban J connectivity index is 2.62. The third-order valence-electron chi connectivity index (χ3n) is 2.69. The highest BCUT2D eigenvalue weighted by atomic mass is 32.1. The van der Waals surface area contributed by atoms with E-state index in [-0.39, 0.29) is 0 Å². The molecule has 0 fully saturated rings. The van der Waals surface area contributed by atoms with Crippen LogP contribution in [0.4, 0.5) is 0 Å². The molecule has 0 radical (unpaired) electrons. The van der Waals surface area contributed by atoms with Crippen LogP contribution in [-0.2, 0) is 0 Å². The smallest absolute Gasteiger partial charge is 0.347 e. The Hall–Kier alpha value is -1.68. The predicted octanol–water partition coefficient (Wildman–Crippen LogP) is 3.43. The summed E-state index contributed by atoms with van der Waals surface area (Å²) in [5, 5.41) is 9.82. The maximum absolute atomic E-state index is 11.0. The minimum Gasteiger partial charge on any atom is -0.477 e. The van der Waals surface area contributed by atoms with Crippen LogP contribution in [0.15, 0.2) is 18.2 Å². The molecule has 4 heteroatoms. The fourth-order valence-electron chi connectivity index (χ4n) is 1.85. The molecule has 17 heavy (non-hydrogen) atoms. The van der Waals surface area contributed by atoms with Gasteiger partial charge in [-0.1, -0.05) is 18.2 Å². The third kappa shape index (κ3) is 2.08. The van der Waals surface area contributed by atoms with Crippen LogP contribution in [0.2, 0.25) is 0 Å². The van der Waals surface area contributed by atoms with E-state index in [1.165, 1.54) is 11.3 Å². The topological polar surface area (TPSA) is 50.2 Å². The van der Waals surface area contributed by atoms with Gasteiger partial charge < -0.3 is 5.11 Å². The molecule has 1 aromatic carbocycles. The molecule has 0 aliphatic carbocycles. The first-order valence-electron chi connectivity index (χ1n) is 5.28. The second-order valence-corrected chi connectivity index (χ2v) is 5.00. The highest BCUT2D eigenvalue weighted by Crippen LogP contribution is 2.32. The zero-order valence-electron chi connectivity index (χ0n) is 9.94. The van der Waals surface area contributed by atoms with Crippen molar-refractivity contribution in [2.45, 2.75) is 20.8 Å². The fourth-order valence-corrected chi connectivity index (χ4v) is 2.93. The Labute approximate surface area is 104 Å². The van der Waals surface area contributed by atoms with Crippen LogP contribution in [-0.4, -0.2) is 16.1 Å². The lowest BCUT2D eigenvalue weighted by atomic mass is 10.0. The van der Waals surface area contributed by atoms with Crippen molar-refractivity contribution < 1.29 is 9.90 Å². The zero-order valence-corrected chi connectivity index (χ0v) is 10.8. The van der Waals surface area contributed by atoms with Gasteiger partial charge in [0.1, 0.15) is 9.88 Å². The summed E-state index contributed by atoms with van der Waals surface area (Å²) >= 11 is 1.24. The van der Waals surface area contributed by atoms with Gasteiger partial charge in [-0.2, -0.15) is 0 Å². The molecule has 0 spiro atoms. The first kappa shape index (κ1) is 11.8. The van der Waals surface area contributed by atoms with Crippen molar-refractivity contribution in [2.75, 3.05) is 0 Å². The van der Waals surface area contributed by atoms with Crippen LogP contribution < -0.4 is 0 Å². The van der Waals surface area contributed by atoms with Crippen molar-refractivity contribution in [1.29, 1.82) is 0 Å². The van der Waals surface area contributed by atoms with E-state index >= 15 is 0 Å². The van der Waals surface area contributed by atoms with Gasteiger partial charge in [0.15, 0.2) is 0 Å². The van der Waals surface area contributed by atoms with E-state index < -0.39 is 5.97 Å². The zero-order chi connectivity index (χ0) is 12.6. The Bertz CT molecular complexity index is 567. The fraction of sp³-hybridized carbons (Fsp3) is 0.231. The molecule has 88 valence electrons. The van der Waals surface area contributed by atoms with Crippen LogP contribution in [0.5, 0.6) is 0 Å². The number of rotatable bonds is 2. The van der Waals surface area contributed by atoms with Gasteiger partial charge in [-0.15, -0.1) is 11.3 Å². The maximum atomic E-state index is 11.0. The number of carboxylic acids is 1. The standard InChI is InChI=1S/C13H13NO2S/c1-7-5-4-6-8(2)10(7)12-14-9(3)11(17-12)13(15)16/h4-6H,1-3H3,(H,15,16). The Morgan fingerprint density at radius 1 is 1.24 bits per heavy atom. The summed E-state index contributed by atoms with van der Waals surface area (Å²) in [5.41, 5.74) is 3.87. The minimum atomic E-state index is -0.905. The summed E-state index contributed by atoms with van der Waals surface area (Å²) in [7, 11) is 0. The maximum Gasteiger partial charge on any atom is 0.347 e. The summed E-state index contributed by atoms with van der Waals surface area (Å²) in [5.74, 6) is -0.905. The first-order chi connectivity index (χ1) is 8.00. The van der Waals surface area contributed by atoms with E-state index in [1.807, 2.05) is 32.0 Å². The number of carbonyl (C=O) groups is 1. The largest absolute Gasteiger partial charge is 0.477 e. The number of aromatic carboxylic acids is 1. The van der Waals surface area contributed by atoms with Gasteiger partial charge in [-0.05, 0) is 31.9 Å². The van der Waals surface area contributed by atoms with Crippen LogP contribution >= 0.6 is 11.3 Å². The number of nitrogens with zero attached hydrogens (tertiary/aromatic N) is 1. The summed E-state index contributed by atoms with van der Waals surface area (Å²) in [6.45, 7) is 5.76. The molecule has 0 aliphatic heterocycles. The lowest BCUT2D eigenvalue weighted by Crippen LogP contribution is -1.94. The van der Waals surface area contributed by atoms with Crippen molar-refractivity contribution in [1.82, 2.24) is 4.98 Å². The van der Waals surface area contributed by atoms with E-state index in [9.17, 15) is 4.79 Å². The monoisotopic (exact) mass is 247 g/mol. The van der Waals surface area contributed by atoms with Crippen molar-refractivity contribution in [2.24, 2.45) is 0 Å². The highest BCUT2D eigenvalue weighted by Gasteiger charge is 2.17. The average molecular weight is 247 g/mol. The molecule has 1 heterocycles. The second kappa shape index (κ2) is 4.30. The van der Waals surface area contributed by atoms with E-state index in [1.54, 1.807) is 6.92 Å². The van der Waals surface area contributed by atoms with Crippen LogP contribution in [0.3, 0.4) is 0 Å². The molecule has 3 nitrogen and oxygen atoms in total. The number of benzene rings is 1. The van der Waals surface area contributed by atoms with Gasteiger partial charge in [-0.25, -0.2) is 9.78 Å². The van der Waals surface area contributed by atoms with Crippen LogP contribution in [0.25, 0.3) is 10.6 Å². The molecule has 2 aromatic rings. The molecular weight excluding hydrogens is 234 g/mol. The summed E-state index contributed by atoms with van der Waals surface area (Å²) in [6.07, 6.45) is 0. The number of carboxylic acid groups (broad SMARTS) is 1. The normalized spacial score (nSPS) is 10.5. The van der Waals surface area contributed by atoms with Crippen molar-refractivity contribution in [3.63, 3.8) is 0 Å². The Morgan fingerprint density at radius 2 is 1.82 bits per heavy atom. The third-order valence-corrected chi connectivity index (χ3v) is 3.85.